The van der Waals surface area contributed by atoms with E-state index in [0.29, 0.717) is 22.7 Å². The molecule has 2 aromatic carbocycles. The smallest absolute Gasteiger partial charge is 0.281 e. The molecule has 0 bridgehead atoms. The van der Waals surface area contributed by atoms with Crippen molar-refractivity contribution in [1.29, 1.82) is 0 Å². The Morgan fingerprint density at radius 1 is 1.00 bits per heavy atom. The molecule has 0 atom stereocenters. The van der Waals surface area contributed by atoms with Gasteiger partial charge < -0.3 is 18.8 Å². The summed E-state index contributed by atoms with van der Waals surface area (Å²) >= 11 is 6.16. The van der Waals surface area contributed by atoms with Gasteiger partial charge in [-0.25, -0.2) is 9.07 Å². The number of pyridine rings is 1. The predicted octanol–water partition coefficient (Wildman–Crippen LogP) is 3.48. The molecule has 8 nitrogen and oxygen atoms in total. The molecule has 33 heavy (non-hydrogen) atoms. The minimum Gasteiger partial charge on any atom is -0.497 e. The molecule has 0 aliphatic carbocycles. The largest absolute Gasteiger partial charge is 0.497 e. The summed E-state index contributed by atoms with van der Waals surface area (Å²) in [5.41, 5.74) is 0.927. The van der Waals surface area contributed by atoms with E-state index < -0.39 is 11.4 Å². The van der Waals surface area contributed by atoms with Crippen molar-refractivity contribution >= 4 is 22.5 Å². The summed E-state index contributed by atoms with van der Waals surface area (Å²) in [4.78, 5) is 26.4. The third-order valence-electron chi connectivity index (χ3n) is 5.25. The van der Waals surface area contributed by atoms with Crippen molar-refractivity contribution < 1.29 is 18.6 Å². The van der Waals surface area contributed by atoms with E-state index in [2.05, 4.69) is 5.10 Å². The minimum absolute atomic E-state index is 0.0118. The number of nitrogens with one attached hydrogen (secondary N) is 1. The van der Waals surface area contributed by atoms with E-state index in [-0.39, 0.29) is 34.8 Å². The summed E-state index contributed by atoms with van der Waals surface area (Å²) in [5, 5.41) is 3.22. The third-order valence-corrected chi connectivity index (χ3v) is 5.55. The molecule has 2 aromatic heterocycles. The molecule has 0 saturated heterocycles. The standard InChI is InChI=1S/C23H21ClFN3O5/c1-31-12-20-22-18(26-28(23(22)30)19-5-4-14(25)8-17(19)24)10-21(29)27(20)11-13-6-15(32-2)9-16(7-13)33-3/h4-10,26H,11-12H2,1-3H3. The van der Waals surface area contributed by atoms with Gasteiger partial charge in [-0.2, -0.15) is 0 Å². The first-order valence-electron chi connectivity index (χ1n) is 9.90. The molecule has 1 N–H and O–H groups in total. The number of aromatic amines is 1. The lowest BCUT2D eigenvalue weighted by molar-refractivity contribution is 0.178. The first-order chi connectivity index (χ1) is 15.9. The van der Waals surface area contributed by atoms with Crippen LogP contribution < -0.4 is 20.6 Å². The second-order valence-corrected chi connectivity index (χ2v) is 7.71. The summed E-state index contributed by atoms with van der Waals surface area (Å²) in [5.74, 6) is 0.616. The summed E-state index contributed by atoms with van der Waals surface area (Å²) in [6.45, 7) is 0.168. The monoisotopic (exact) mass is 473 g/mol. The number of halogens is 2. The molecule has 4 rings (SSSR count). The molecular formula is C23H21ClFN3O5. The zero-order valence-electron chi connectivity index (χ0n) is 18.1. The molecular weight excluding hydrogens is 453 g/mol. The maximum absolute atomic E-state index is 13.5. The van der Waals surface area contributed by atoms with Crippen LogP contribution in [-0.4, -0.2) is 35.7 Å². The van der Waals surface area contributed by atoms with Gasteiger partial charge in [-0.1, -0.05) is 11.6 Å². The fraction of sp³-hybridized carbons (Fsp3) is 0.217. The molecule has 172 valence electrons. The van der Waals surface area contributed by atoms with E-state index in [9.17, 15) is 14.0 Å². The third kappa shape index (κ3) is 4.24. The molecule has 2 heterocycles. The second-order valence-electron chi connectivity index (χ2n) is 7.31. The summed E-state index contributed by atoms with van der Waals surface area (Å²) in [6, 6.07) is 10.3. The Morgan fingerprint density at radius 3 is 2.30 bits per heavy atom. The van der Waals surface area contributed by atoms with E-state index in [1.807, 2.05) is 0 Å². The molecule has 0 fully saturated rings. The Hall–Kier alpha value is -3.56. The van der Waals surface area contributed by atoms with Crippen LogP contribution in [0.3, 0.4) is 0 Å². The van der Waals surface area contributed by atoms with E-state index in [1.165, 1.54) is 48.8 Å². The maximum atomic E-state index is 13.5. The highest BCUT2D eigenvalue weighted by Crippen LogP contribution is 2.25. The van der Waals surface area contributed by atoms with E-state index in [0.717, 1.165) is 11.6 Å². The van der Waals surface area contributed by atoms with E-state index >= 15 is 0 Å². The van der Waals surface area contributed by atoms with Gasteiger partial charge in [-0.3, -0.25) is 14.7 Å². The van der Waals surface area contributed by atoms with Crippen molar-refractivity contribution in [2.45, 2.75) is 13.2 Å². The molecule has 0 aliphatic heterocycles. The molecule has 0 amide bonds. The van der Waals surface area contributed by atoms with E-state index in [1.54, 1.807) is 18.2 Å². The van der Waals surface area contributed by atoms with Gasteiger partial charge in [0.05, 0.1) is 54.7 Å². The first kappa shape index (κ1) is 22.6. The molecule has 4 aromatic rings. The predicted molar refractivity (Wildman–Crippen MR) is 122 cm³/mol. The average molecular weight is 474 g/mol. The number of rotatable bonds is 7. The highest BCUT2D eigenvalue weighted by molar-refractivity contribution is 6.32. The van der Waals surface area contributed by atoms with Gasteiger partial charge in [-0.15, -0.1) is 0 Å². The fourth-order valence-electron chi connectivity index (χ4n) is 3.74. The van der Waals surface area contributed by atoms with Crippen molar-refractivity contribution in [3.8, 4) is 17.2 Å². The normalized spacial score (nSPS) is 11.2. The van der Waals surface area contributed by atoms with Gasteiger partial charge in [0.1, 0.15) is 17.3 Å². The van der Waals surface area contributed by atoms with Gasteiger partial charge in [0.25, 0.3) is 11.1 Å². The second kappa shape index (κ2) is 9.13. The molecule has 0 aliphatic rings. The highest BCUT2D eigenvalue weighted by atomic mass is 35.5. The van der Waals surface area contributed by atoms with Crippen molar-refractivity contribution in [2.75, 3.05) is 21.3 Å². The van der Waals surface area contributed by atoms with Gasteiger partial charge in [0.2, 0.25) is 0 Å². The lowest BCUT2D eigenvalue weighted by Gasteiger charge is -2.14. The number of nitrogens with zero attached hydrogens (tertiary/aromatic N) is 2. The number of methoxy groups -OCH3 is 3. The number of hydrogen-bond donors (Lipinski definition) is 1. The highest BCUT2D eigenvalue weighted by Gasteiger charge is 2.19. The number of benzene rings is 2. The zero-order chi connectivity index (χ0) is 23.7. The van der Waals surface area contributed by atoms with Crippen LogP contribution in [0.2, 0.25) is 5.02 Å². The minimum atomic E-state index is -0.526. The molecule has 10 heteroatoms. The van der Waals surface area contributed by atoms with Gasteiger partial charge in [0.15, 0.2) is 0 Å². The quantitative estimate of drug-likeness (QED) is 0.444. The number of fused-ring (bicyclic) bond motifs is 1. The number of ether oxygens (including phenoxy) is 3. The van der Waals surface area contributed by atoms with Crippen LogP contribution in [0.25, 0.3) is 16.6 Å². The fourth-order valence-corrected chi connectivity index (χ4v) is 3.99. The van der Waals surface area contributed by atoms with Crippen LogP contribution in [0, 0.1) is 5.82 Å². The number of H-pyrrole nitrogens is 1. The Morgan fingerprint density at radius 2 is 1.70 bits per heavy atom. The SMILES string of the molecule is COCc1c2c(=O)n(-c3ccc(F)cc3Cl)[nH]c2cc(=O)n1Cc1cc(OC)cc(OC)c1. The Bertz CT molecular complexity index is 1430. The van der Waals surface area contributed by atoms with Crippen LogP contribution in [0.5, 0.6) is 11.5 Å². The van der Waals surface area contributed by atoms with Gasteiger partial charge in [0, 0.05) is 19.2 Å². The maximum Gasteiger partial charge on any atom is 0.281 e. The Kier molecular flexibility index (Phi) is 6.26. The Balaban J connectivity index is 1.92. The van der Waals surface area contributed by atoms with Gasteiger partial charge in [-0.05, 0) is 35.9 Å². The average Bonchev–Trinajstić information content (AvgIpc) is 3.11. The summed E-state index contributed by atoms with van der Waals surface area (Å²) in [6.07, 6.45) is 0. The van der Waals surface area contributed by atoms with Crippen molar-refractivity contribution in [1.82, 2.24) is 14.3 Å². The lowest BCUT2D eigenvalue weighted by Crippen LogP contribution is -2.26. The lowest BCUT2D eigenvalue weighted by atomic mass is 10.1. The van der Waals surface area contributed by atoms with Crippen molar-refractivity contribution in [3.05, 3.63) is 85.3 Å². The zero-order valence-corrected chi connectivity index (χ0v) is 18.9. The van der Waals surface area contributed by atoms with Crippen LogP contribution in [0.1, 0.15) is 11.3 Å². The molecule has 0 unspecified atom stereocenters. The van der Waals surface area contributed by atoms with Crippen LogP contribution in [-0.2, 0) is 17.9 Å². The first-order valence-corrected chi connectivity index (χ1v) is 10.3. The molecule has 0 saturated carbocycles. The van der Waals surface area contributed by atoms with Gasteiger partial charge >= 0.3 is 0 Å². The van der Waals surface area contributed by atoms with Crippen LogP contribution >= 0.6 is 11.6 Å². The van der Waals surface area contributed by atoms with Crippen molar-refractivity contribution in [3.63, 3.8) is 0 Å². The van der Waals surface area contributed by atoms with Crippen molar-refractivity contribution in [2.24, 2.45) is 0 Å². The number of hydrogen-bond acceptors (Lipinski definition) is 5. The van der Waals surface area contributed by atoms with Crippen LogP contribution in [0.4, 0.5) is 4.39 Å². The summed E-state index contributed by atoms with van der Waals surface area (Å²) < 4.78 is 32.1. The topological polar surface area (TPSA) is 87.5 Å². The van der Waals surface area contributed by atoms with E-state index in [4.69, 9.17) is 25.8 Å². The van der Waals surface area contributed by atoms with Crippen LogP contribution in [0.15, 0.2) is 52.1 Å². The Labute approximate surface area is 192 Å². The molecule has 0 spiro atoms. The molecule has 0 radical (unpaired) electrons. The summed E-state index contributed by atoms with van der Waals surface area (Å²) in [7, 11) is 4.55. The number of aromatic nitrogens is 3.